The van der Waals surface area contributed by atoms with Gasteiger partial charge in [0.2, 0.25) is 10.0 Å². The van der Waals surface area contributed by atoms with E-state index in [1.165, 1.54) is 17.6 Å². The molecule has 118 valence electrons. The minimum Gasteiger partial charge on any atom is -0.476 e. The van der Waals surface area contributed by atoms with Crippen LogP contribution in [0.5, 0.6) is 0 Å². The van der Waals surface area contributed by atoms with Crippen LogP contribution in [0.4, 0.5) is 5.00 Å². The van der Waals surface area contributed by atoms with E-state index in [-0.39, 0.29) is 31.3 Å². The first-order valence-electron chi connectivity index (χ1n) is 5.50. The van der Waals surface area contributed by atoms with Crippen LogP contribution in [-0.4, -0.2) is 24.5 Å². The summed E-state index contributed by atoms with van der Waals surface area (Å²) in [4.78, 5) is 14.5. The summed E-state index contributed by atoms with van der Waals surface area (Å²) in [7, 11) is -3.91. The molecule has 0 aliphatic carbocycles. The minimum absolute atomic E-state index is 0.0687. The number of nitrogens with zero attached hydrogens (tertiary/aromatic N) is 1. The number of sulfonamides is 1. The largest absolute Gasteiger partial charge is 0.476 e. The van der Waals surface area contributed by atoms with Crippen molar-refractivity contribution in [3.63, 3.8) is 0 Å². The second-order valence-electron chi connectivity index (χ2n) is 4.06. The average Bonchev–Trinajstić information content (AvgIpc) is 2.82. The van der Waals surface area contributed by atoms with Crippen LogP contribution in [-0.2, 0) is 15.8 Å². The van der Waals surface area contributed by atoms with E-state index < -0.39 is 21.7 Å². The number of nitrogens with one attached hydrogen (secondary N) is 1. The molecule has 0 saturated carbocycles. The Morgan fingerprint density at radius 2 is 2.00 bits per heavy atom. The molecular formula is C11H7Cl3N2O4S2. The highest BCUT2D eigenvalue weighted by Gasteiger charge is 2.21. The Labute approximate surface area is 144 Å². The smallest absolute Gasteiger partial charge is 0.357 e. The molecule has 1 heterocycles. The van der Waals surface area contributed by atoms with Crippen LogP contribution >= 0.6 is 46.1 Å². The van der Waals surface area contributed by atoms with Gasteiger partial charge < -0.3 is 5.11 Å². The number of benzene rings is 1. The van der Waals surface area contributed by atoms with Crippen LogP contribution in [0.2, 0.25) is 15.1 Å². The molecule has 2 aromatic rings. The van der Waals surface area contributed by atoms with Gasteiger partial charge >= 0.3 is 5.97 Å². The van der Waals surface area contributed by atoms with E-state index in [1.807, 2.05) is 0 Å². The van der Waals surface area contributed by atoms with E-state index in [2.05, 4.69) is 9.71 Å². The van der Waals surface area contributed by atoms with Crippen molar-refractivity contribution < 1.29 is 18.3 Å². The molecule has 0 aliphatic heterocycles. The number of halogens is 3. The van der Waals surface area contributed by atoms with Crippen molar-refractivity contribution in [3.05, 3.63) is 44.0 Å². The summed E-state index contributed by atoms with van der Waals surface area (Å²) in [6.07, 6.45) is 0. The van der Waals surface area contributed by atoms with Crippen LogP contribution in [0.3, 0.4) is 0 Å². The molecule has 0 spiro atoms. The summed E-state index contributed by atoms with van der Waals surface area (Å²) in [6, 6.07) is 2.76. The van der Waals surface area contributed by atoms with Crippen molar-refractivity contribution in [2.45, 2.75) is 5.75 Å². The molecule has 0 fully saturated rings. The summed E-state index contributed by atoms with van der Waals surface area (Å²) in [5.74, 6) is -1.84. The van der Waals surface area contributed by atoms with E-state index in [9.17, 15) is 13.2 Å². The number of rotatable bonds is 5. The standard InChI is InChI=1S/C11H7Cl3N2O4S2/c12-6-1-5(8(14)7(13)2-6)3-22(19,20)16-10-9(11(17)18)15-4-21-10/h1-2,4,16H,3H2,(H,17,18). The van der Waals surface area contributed by atoms with Gasteiger partial charge in [0.1, 0.15) is 5.00 Å². The van der Waals surface area contributed by atoms with Crippen LogP contribution in [0.1, 0.15) is 16.1 Å². The molecule has 1 aromatic carbocycles. The number of aromatic carboxylic acids is 1. The fraction of sp³-hybridized carbons (Fsp3) is 0.0909. The number of carbonyl (C=O) groups is 1. The van der Waals surface area contributed by atoms with Gasteiger partial charge in [-0.15, -0.1) is 11.3 Å². The van der Waals surface area contributed by atoms with Gasteiger partial charge in [-0.25, -0.2) is 18.2 Å². The van der Waals surface area contributed by atoms with Gasteiger partial charge in [-0.2, -0.15) is 0 Å². The third-order valence-corrected chi connectivity index (χ3v) is 5.57. The normalized spacial score (nSPS) is 11.4. The topological polar surface area (TPSA) is 96.4 Å². The highest BCUT2D eigenvalue weighted by molar-refractivity contribution is 7.92. The zero-order valence-electron chi connectivity index (χ0n) is 10.5. The Morgan fingerprint density at radius 3 is 2.64 bits per heavy atom. The summed E-state index contributed by atoms with van der Waals surface area (Å²) in [6.45, 7) is 0. The van der Waals surface area contributed by atoms with Crippen molar-refractivity contribution >= 4 is 67.1 Å². The Morgan fingerprint density at radius 1 is 1.32 bits per heavy atom. The quantitative estimate of drug-likeness (QED) is 0.744. The maximum Gasteiger partial charge on any atom is 0.357 e. The molecule has 2 rings (SSSR count). The Bertz CT molecular complexity index is 836. The van der Waals surface area contributed by atoms with E-state index in [4.69, 9.17) is 39.9 Å². The number of carboxylic acids is 1. The van der Waals surface area contributed by atoms with Gasteiger partial charge in [0.25, 0.3) is 0 Å². The maximum atomic E-state index is 12.1. The molecule has 0 saturated heterocycles. The van der Waals surface area contributed by atoms with E-state index in [0.717, 1.165) is 11.3 Å². The van der Waals surface area contributed by atoms with E-state index in [0.29, 0.717) is 0 Å². The Balaban J connectivity index is 2.29. The Kier molecular flexibility index (Phi) is 5.18. The van der Waals surface area contributed by atoms with Gasteiger partial charge in [0.05, 0.1) is 21.3 Å². The zero-order valence-corrected chi connectivity index (χ0v) is 14.4. The predicted molar refractivity (Wildman–Crippen MR) is 86.8 cm³/mol. The fourth-order valence-corrected chi connectivity index (χ4v) is 4.53. The monoisotopic (exact) mass is 400 g/mol. The molecule has 2 N–H and O–H groups in total. The van der Waals surface area contributed by atoms with Crippen molar-refractivity contribution in [2.24, 2.45) is 0 Å². The molecule has 0 bridgehead atoms. The lowest BCUT2D eigenvalue weighted by Gasteiger charge is -2.09. The first-order chi connectivity index (χ1) is 10.2. The molecule has 0 unspecified atom stereocenters. The third-order valence-electron chi connectivity index (χ3n) is 2.43. The number of thiazole rings is 1. The highest BCUT2D eigenvalue weighted by atomic mass is 35.5. The second-order valence-corrected chi connectivity index (χ2v) is 7.86. The van der Waals surface area contributed by atoms with Crippen LogP contribution in [0, 0.1) is 0 Å². The number of anilines is 1. The Hall–Kier alpha value is -1.06. The summed E-state index contributed by atoms with van der Waals surface area (Å²) >= 11 is 18.5. The van der Waals surface area contributed by atoms with Gasteiger partial charge in [-0.1, -0.05) is 34.8 Å². The van der Waals surface area contributed by atoms with Crippen LogP contribution < -0.4 is 4.72 Å². The van der Waals surface area contributed by atoms with E-state index in [1.54, 1.807) is 0 Å². The van der Waals surface area contributed by atoms with Gasteiger partial charge in [0.15, 0.2) is 5.69 Å². The third kappa shape index (κ3) is 4.02. The molecule has 1 aromatic heterocycles. The van der Waals surface area contributed by atoms with E-state index >= 15 is 0 Å². The highest BCUT2D eigenvalue weighted by Crippen LogP contribution is 2.31. The number of hydrogen-bond donors (Lipinski definition) is 2. The van der Waals surface area contributed by atoms with Gasteiger partial charge in [-0.05, 0) is 17.7 Å². The number of hydrogen-bond acceptors (Lipinski definition) is 5. The molecule has 0 radical (unpaired) electrons. The molecular weight excluding hydrogens is 395 g/mol. The second kappa shape index (κ2) is 6.59. The van der Waals surface area contributed by atoms with Crippen LogP contribution in [0.25, 0.3) is 0 Å². The lowest BCUT2D eigenvalue weighted by atomic mass is 10.2. The van der Waals surface area contributed by atoms with Crippen LogP contribution in [0.15, 0.2) is 17.6 Å². The van der Waals surface area contributed by atoms with Crippen molar-refractivity contribution in [1.29, 1.82) is 0 Å². The van der Waals surface area contributed by atoms with Crippen molar-refractivity contribution in [3.8, 4) is 0 Å². The lowest BCUT2D eigenvalue weighted by Crippen LogP contribution is -2.16. The predicted octanol–water partition coefficient (Wildman–Crippen LogP) is 3.74. The lowest BCUT2D eigenvalue weighted by molar-refractivity contribution is 0.0692. The molecule has 11 heteroatoms. The summed E-state index contributed by atoms with van der Waals surface area (Å²) in [5.41, 5.74) is 1.06. The minimum atomic E-state index is -3.91. The molecule has 0 aliphatic rings. The number of aromatic nitrogens is 1. The first kappa shape index (κ1) is 17.3. The first-order valence-corrected chi connectivity index (χ1v) is 9.17. The van der Waals surface area contributed by atoms with Gasteiger partial charge in [0, 0.05) is 5.02 Å². The summed E-state index contributed by atoms with van der Waals surface area (Å²) < 4.78 is 26.5. The van der Waals surface area contributed by atoms with Crippen molar-refractivity contribution in [2.75, 3.05) is 4.72 Å². The molecule has 0 atom stereocenters. The maximum absolute atomic E-state index is 12.1. The average molecular weight is 402 g/mol. The fourth-order valence-electron chi connectivity index (χ4n) is 1.57. The molecule has 6 nitrogen and oxygen atoms in total. The summed E-state index contributed by atoms with van der Waals surface area (Å²) in [5, 5.41) is 9.26. The SMILES string of the molecule is O=C(O)c1ncsc1NS(=O)(=O)Cc1cc(Cl)cc(Cl)c1Cl. The van der Waals surface area contributed by atoms with Crippen molar-refractivity contribution in [1.82, 2.24) is 4.98 Å². The van der Waals surface area contributed by atoms with Gasteiger partial charge in [-0.3, -0.25) is 4.72 Å². The number of carboxylic acid groups (broad SMARTS) is 1. The zero-order chi connectivity index (χ0) is 16.5. The molecule has 0 amide bonds. The molecule has 22 heavy (non-hydrogen) atoms.